The first-order valence-corrected chi connectivity index (χ1v) is 8.72. The van der Waals surface area contributed by atoms with E-state index in [2.05, 4.69) is 10.3 Å². The van der Waals surface area contributed by atoms with Gasteiger partial charge >= 0.3 is 12.0 Å². The third-order valence-electron chi connectivity index (χ3n) is 4.37. The molecule has 0 atom stereocenters. The molecule has 1 aliphatic rings. The zero-order valence-corrected chi connectivity index (χ0v) is 14.8. The molecule has 0 spiro atoms. The van der Waals surface area contributed by atoms with Crippen molar-refractivity contribution >= 4 is 23.5 Å². The summed E-state index contributed by atoms with van der Waals surface area (Å²) in [7, 11) is 0. The molecule has 28 heavy (non-hydrogen) atoms. The molecule has 140 valence electrons. The summed E-state index contributed by atoms with van der Waals surface area (Å²) in [6.45, 7) is 0.724. The van der Waals surface area contributed by atoms with Gasteiger partial charge in [0.05, 0.1) is 12.1 Å². The van der Waals surface area contributed by atoms with Crippen LogP contribution in [0.1, 0.15) is 10.4 Å². The molecule has 1 aromatic heterocycles. The number of urea groups is 1. The lowest BCUT2D eigenvalue weighted by Crippen LogP contribution is -2.41. The molecule has 0 saturated heterocycles. The summed E-state index contributed by atoms with van der Waals surface area (Å²) in [4.78, 5) is 29.8. The Hall–Kier alpha value is -3.87. The van der Waals surface area contributed by atoms with Crippen molar-refractivity contribution in [2.24, 2.45) is 0 Å². The van der Waals surface area contributed by atoms with Crippen LogP contribution in [-0.4, -0.2) is 35.2 Å². The lowest BCUT2D eigenvalue weighted by Gasteiger charge is -2.28. The lowest BCUT2D eigenvalue weighted by molar-refractivity contribution is 0.0697. The van der Waals surface area contributed by atoms with Crippen molar-refractivity contribution < 1.29 is 19.4 Å². The van der Waals surface area contributed by atoms with Gasteiger partial charge in [0, 0.05) is 17.4 Å². The SMILES string of the molecule is O=C(O)c1cccc(-c2cnc3c(c2)OCCN3C(=O)Nc2ccccc2)c1. The number of carbonyl (C=O) groups excluding carboxylic acids is 1. The molecular weight excluding hydrogens is 358 g/mol. The van der Waals surface area contributed by atoms with Crippen LogP contribution in [0.15, 0.2) is 66.9 Å². The number of rotatable bonds is 3. The molecule has 3 aromatic rings. The van der Waals surface area contributed by atoms with Crippen molar-refractivity contribution in [2.75, 3.05) is 23.4 Å². The third kappa shape index (κ3) is 3.50. The molecule has 0 fully saturated rings. The summed E-state index contributed by atoms with van der Waals surface area (Å²) in [5.74, 6) is -0.0849. The van der Waals surface area contributed by atoms with E-state index in [1.165, 1.54) is 11.0 Å². The van der Waals surface area contributed by atoms with Crippen LogP contribution in [-0.2, 0) is 0 Å². The first kappa shape index (κ1) is 17.5. The smallest absolute Gasteiger partial charge is 0.335 e. The number of carbonyl (C=O) groups is 2. The van der Waals surface area contributed by atoms with E-state index in [4.69, 9.17) is 4.74 Å². The molecule has 0 saturated carbocycles. The van der Waals surface area contributed by atoms with Gasteiger partial charge in [-0.15, -0.1) is 0 Å². The molecule has 2 aromatic carbocycles. The van der Waals surface area contributed by atoms with Crippen molar-refractivity contribution in [3.63, 3.8) is 0 Å². The largest absolute Gasteiger partial charge is 0.488 e. The van der Waals surface area contributed by atoms with Crippen LogP contribution in [0.4, 0.5) is 16.3 Å². The van der Waals surface area contributed by atoms with Gasteiger partial charge in [-0.25, -0.2) is 14.6 Å². The van der Waals surface area contributed by atoms with Gasteiger partial charge in [0.1, 0.15) is 6.61 Å². The maximum absolute atomic E-state index is 12.7. The second-order valence-corrected chi connectivity index (χ2v) is 6.23. The van der Waals surface area contributed by atoms with Crippen LogP contribution >= 0.6 is 0 Å². The van der Waals surface area contributed by atoms with Gasteiger partial charge in [-0.1, -0.05) is 30.3 Å². The van der Waals surface area contributed by atoms with Gasteiger partial charge in [0.2, 0.25) is 0 Å². The number of aromatic carboxylic acids is 1. The Labute approximate surface area is 161 Å². The van der Waals surface area contributed by atoms with Gasteiger partial charge in [-0.3, -0.25) is 4.90 Å². The Morgan fingerprint density at radius 2 is 1.86 bits per heavy atom. The highest BCUT2D eigenvalue weighted by molar-refractivity contribution is 6.02. The number of benzene rings is 2. The third-order valence-corrected chi connectivity index (χ3v) is 4.37. The quantitative estimate of drug-likeness (QED) is 0.725. The number of aromatic nitrogens is 1. The highest BCUT2D eigenvalue weighted by atomic mass is 16.5. The second kappa shape index (κ2) is 7.40. The molecule has 4 rings (SSSR count). The number of pyridine rings is 1. The molecule has 1 aliphatic heterocycles. The van der Waals surface area contributed by atoms with Crippen LogP contribution in [0.25, 0.3) is 11.1 Å². The number of fused-ring (bicyclic) bond motifs is 1. The predicted molar refractivity (Wildman–Crippen MR) is 105 cm³/mol. The Morgan fingerprint density at radius 3 is 2.64 bits per heavy atom. The van der Waals surface area contributed by atoms with Crippen molar-refractivity contribution in [1.29, 1.82) is 0 Å². The molecule has 0 aliphatic carbocycles. The van der Waals surface area contributed by atoms with Gasteiger partial charge in [-0.05, 0) is 35.9 Å². The predicted octanol–water partition coefficient (Wildman–Crippen LogP) is 3.88. The van der Waals surface area contributed by atoms with Crippen molar-refractivity contribution in [1.82, 2.24) is 4.98 Å². The number of ether oxygens (including phenoxy) is 1. The molecule has 2 heterocycles. The highest BCUT2D eigenvalue weighted by Crippen LogP contribution is 2.34. The van der Waals surface area contributed by atoms with Crippen LogP contribution in [0.5, 0.6) is 5.75 Å². The normalized spacial score (nSPS) is 12.6. The van der Waals surface area contributed by atoms with E-state index in [0.29, 0.717) is 41.5 Å². The fourth-order valence-corrected chi connectivity index (χ4v) is 3.00. The molecule has 0 bridgehead atoms. The number of carboxylic acids is 1. The van der Waals surface area contributed by atoms with E-state index >= 15 is 0 Å². The van der Waals surface area contributed by atoms with E-state index in [1.807, 2.05) is 30.3 Å². The lowest BCUT2D eigenvalue weighted by atomic mass is 10.0. The summed E-state index contributed by atoms with van der Waals surface area (Å²) in [6, 6.07) is 17.3. The minimum Gasteiger partial charge on any atom is -0.488 e. The van der Waals surface area contributed by atoms with E-state index in [0.717, 1.165) is 0 Å². The Balaban J connectivity index is 1.61. The summed E-state index contributed by atoms with van der Waals surface area (Å²) < 4.78 is 5.69. The van der Waals surface area contributed by atoms with Crippen LogP contribution in [0, 0.1) is 0 Å². The number of carboxylic acid groups (broad SMARTS) is 1. The van der Waals surface area contributed by atoms with Crippen molar-refractivity contribution in [3.8, 4) is 16.9 Å². The Bertz CT molecular complexity index is 1040. The number of hydrogen-bond donors (Lipinski definition) is 2. The van der Waals surface area contributed by atoms with Crippen LogP contribution in [0.3, 0.4) is 0 Å². The zero-order valence-electron chi connectivity index (χ0n) is 14.8. The van der Waals surface area contributed by atoms with Gasteiger partial charge < -0.3 is 15.2 Å². The van der Waals surface area contributed by atoms with Gasteiger partial charge in [-0.2, -0.15) is 0 Å². The summed E-state index contributed by atoms with van der Waals surface area (Å²) in [6.07, 6.45) is 1.61. The molecule has 0 radical (unpaired) electrons. The number of amides is 2. The number of anilines is 2. The fourth-order valence-electron chi connectivity index (χ4n) is 3.00. The average Bonchev–Trinajstić information content (AvgIpc) is 2.73. The Morgan fingerprint density at radius 1 is 1.04 bits per heavy atom. The standard InChI is InChI=1S/C21H17N3O4/c25-20(26)15-6-4-5-14(11-15)16-12-18-19(22-13-16)24(9-10-28-18)21(27)23-17-7-2-1-3-8-17/h1-8,11-13H,9-10H2,(H,23,27)(H,25,26). The van der Waals surface area contributed by atoms with Crippen molar-refractivity contribution in [3.05, 3.63) is 72.4 Å². The molecular formula is C21H17N3O4. The maximum atomic E-state index is 12.7. The topological polar surface area (TPSA) is 91.8 Å². The minimum absolute atomic E-state index is 0.194. The molecule has 2 amide bonds. The minimum atomic E-state index is -0.993. The first-order valence-electron chi connectivity index (χ1n) is 8.72. The number of nitrogens with zero attached hydrogens (tertiary/aromatic N) is 2. The first-order chi connectivity index (χ1) is 13.6. The van der Waals surface area contributed by atoms with E-state index < -0.39 is 5.97 Å². The highest BCUT2D eigenvalue weighted by Gasteiger charge is 2.25. The van der Waals surface area contributed by atoms with Gasteiger partial charge in [0.25, 0.3) is 0 Å². The number of hydrogen-bond acceptors (Lipinski definition) is 4. The van der Waals surface area contributed by atoms with Crippen LogP contribution in [0.2, 0.25) is 0 Å². The van der Waals surface area contributed by atoms with E-state index in [-0.39, 0.29) is 11.6 Å². The Kier molecular flexibility index (Phi) is 4.63. The summed E-state index contributed by atoms with van der Waals surface area (Å²) >= 11 is 0. The molecule has 7 heteroatoms. The van der Waals surface area contributed by atoms with Gasteiger partial charge in [0.15, 0.2) is 11.6 Å². The molecule has 2 N–H and O–H groups in total. The van der Waals surface area contributed by atoms with Crippen LogP contribution < -0.4 is 15.0 Å². The molecule has 7 nitrogen and oxygen atoms in total. The number of nitrogens with one attached hydrogen (secondary N) is 1. The summed E-state index contributed by atoms with van der Waals surface area (Å²) in [5.41, 5.74) is 2.32. The number of para-hydroxylation sites is 1. The van der Waals surface area contributed by atoms with Crippen molar-refractivity contribution in [2.45, 2.75) is 0 Å². The van der Waals surface area contributed by atoms with E-state index in [9.17, 15) is 14.7 Å². The maximum Gasteiger partial charge on any atom is 0.335 e. The summed E-state index contributed by atoms with van der Waals surface area (Å²) in [5, 5.41) is 12.0. The average molecular weight is 375 g/mol. The fraction of sp³-hybridized carbons (Fsp3) is 0.0952. The van der Waals surface area contributed by atoms with E-state index in [1.54, 1.807) is 30.5 Å². The molecule has 0 unspecified atom stereocenters. The second-order valence-electron chi connectivity index (χ2n) is 6.23. The zero-order chi connectivity index (χ0) is 19.5. The monoisotopic (exact) mass is 375 g/mol.